The van der Waals surface area contributed by atoms with Gasteiger partial charge >= 0.3 is 39.5 Å². The van der Waals surface area contributed by atoms with Crippen LogP contribution in [0, 0.1) is 17.8 Å². The van der Waals surface area contributed by atoms with Gasteiger partial charge in [0.15, 0.2) is 12.2 Å². The van der Waals surface area contributed by atoms with Gasteiger partial charge in [-0.25, -0.2) is 9.13 Å². The van der Waals surface area contributed by atoms with Gasteiger partial charge in [0.1, 0.15) is 19.3 Å². The second-order valence-electron chi connectivity index (χ2n) is 25.6. The van der Waals surface area contributed by atoms with Crippen molar-refractivity contribution in [2.45, 2.75) is 349 Å². The highest BCUT2D eigenvalue weighted by Crippen LogP contribution is 2.45. The minimum absolute atomic E-state index is 0.103. The molecule has 19 heteroatoms. The number of unbranched alkanes of at least 4 members (excludes halogenated alkanes) is 33. The van der Waals surface area contributed by atoms with Gasteiger partial charge in [0.25, 0.3) is 0 Å². The van der Waals surface area contributed by atoms with Crippen LogP contribution in [0.5, 0.6) is 0 Å². The molecule has 0 spiro atoms. The summed E-state index contributed by atoms with van der Waals surface area (Å²) >= 11 is 0. The number of phosphoric ester groups is 2. The molecule has 0 aromatic carbocycles. The van der Waals surface area contributed by atoms with Crippen molar-refractivity contribution in [3.63, 3.8) is 0 Å². The maximum absolute atomic E-state index is 13.0. The quantitative estimate of drug-likeness (QED) is 0.0222. The molecule has 0 aliphatic carbocycles. The number of carbonyl (C=O) groups is 4. The zero-order valence-corrected chi connectivity index (χ0v) is 57.6. The fraction of sp³-hybridized carbons (Fsp3) is 0.940. The summed E-state index contributed by atoms with van der Waals surface area (Å²) in [5, 5.41) is 10.6. The van der Waals surface area contributed by atoms with E-state index in [0.717, 1.165) is 102 Å². The van der Waals surface area contributed by atoms with Crippen molar-refractivity contribution in [3.05, 3.63) is 0 Å². The average molecular weight is 1270 g/mol. The first-order valence-corrected chi connectivity index (χ1v) is 37.8. The SMILES string of the molecule is CCCCCCCCCCCC(=O)OC[C@H](COP(=O)(O)OC[C@H](O)COP(=O)(O)OC[C@@H](COC(=O)CCCCCCCCCCC(C)C)OC(=O)CCCCCCCCCCCCCCCC(C)C)OC(=O)CCCCCCCCCC(C)C. The average Bonchev–Trinajstić information content (AvgIpc) is 3.68. The lowest BCUT2D eigenvalue weighted by atomic mass is 10.0. The lowest BCUT2D eigenvalue weighted by Gasteiger charge is -2.21. The van der Waals surface area contributed by atoms with Gasteiger partial charge in [-0.1, -0.05) is 280 Å². The number of ether oxygens (including phenoxy) is 4. The third kappa shape index (κ3) is 60.9. The molecule has 0 radical (unpaired) electrons. The van der Waals surface area contributed by atoms with E-state index in [2.05, 4.69) is 48.5 Å². The monoisotopic (exact) mass is 1270 g/mol. The fourth-order valence-corrected chi connectivity index (χ4v) is 11.6. The standard InChI is InChI=1S/C67H130O17P2/c1-8-9-10-11-12-18-27-34-41-48-64(69)77-55-63(84-67(72)51-44-37-30-23-26-33-40-47-60(6)7)57-82-86(75,76)80-53-61(68)52-79-85(73,74)81-56-62(54-78-65(70)49-42-35-28-22-21-25-32-39-46-59(4)5)83-66(71)50-43-36-29-20-17-15-13-14-16-19-24-31-38-45-58(2)3/h58-63,68H,8-57H2,1-7H3,(H,73,74)(H,75,76)/t61-,62-,63-/m1/s1. The predicted octanol–water partition coefficient (Wildman–Crippen LogP) is 18.7. The zero-order chi connectivity index (χ0) is 63.8. The maximum Gasteiger partial charge on any atom is 0.472 e. The lowest BCUT2D eigenvalue weighted by molar-refractivity contribution is -0.161. The van der Waals surface area contributed by atoms with Crippen molar-refractivity contribution in [2.75, 3.05) is 39.6 Å². The fourth-order valence-electron chi connectivity index (χ4n) is 10.0. The molecule has 86 heavy (non-hydrogen) atoms. The van der Waals surface area contributed by atoms with Crippen LogP contribution in [-0.2, 0) is 65.4 Å². The van der Waals surface area contributed by atoms with Crippen molar-refractivity contribution < 1.29 is 80.2 Å². The van der Waals surface area contributed by atoms with Gasteiger partial charge in [0.05, 0.1) is 26.4 Å². The summed E-state index contributed by atoms with van der Waals surface area (Å²) in [6.45, 7) is 11.7. The number of hydrogen-bond donors (Lipinski definition) is 3. The van der Waals surface area contributed by atoms with Gasteiger partial charge in [-0.15, -0.1) is 0 Å². The molecule has 0 saturated heterocycles. The second-order valence-corrected chi connectivity index (χ2v) is 28.5. The van der Waals surface area contributed by atoms with Crippen LogP contribution in [0.4, 0.5) is 0 Å². The summed E-state index contributed by atoms with van der Waals surface area (Å²) < 4.78 is 68.1. The topological polar surface area (TPSA) is 237 Å². The van der Waals surface area contributed by atoms with Crippen molar-refractivity contribution in [3.8, 4) is 0 Å². The minimum atomic E-state index is -4.95. The Labute approximate surface area is 524 Å². The third-order valence-corrected chi connectivity index (χ3v) is 17.3. The van der Waals surface area contributed by atoms with E-state index in [1.807, 2.05) is 0 Å². The Morgan fingerprint density at radius 2 is 0.535 bits per heavy atom. The summed E-state index contributed by atoms with van der Waals surface area (Å²) in [5.41, 5.74) is 0. The van der Waals surface area contributed by atoms with Gasteiger partial charge in [0, 0.05) is 25.7 Å². The van der Waals surface area contributed by atoms with Crippen LogP contribution < -0.4 is 0 Å². The van der Waals surface area contributed by atoms with Crippen LogP contribution in [-0.4, -0.2) is 96.7 Å². The molecule has 0 aliphatic rings. The number of rotatable bonds is 65. The molecule has 0 amide bonds. The lowest BCUT2D eigenvalue weighted by Crippen LogP contribution is -2.30. The molecular formula is C67H130O17P2. The number of aliphatic hydroxyl groups is 1. The van der Waals surface area contributed by atoms with E-state index in [0.29, 0.717) is 31.6 Å². The number of aliphatic hydroxyl groups excluding tert-OH is 1. The Morgan fingerprint density at radius 1 is 0.314 bits per heavy atom. The molecule has 0 rings (SSSR count). The van der Waals surface area contributed by atoms with Crippen LogP contribution in [0.3, 0.4) is 0 Å². The van der Waals surface area contributed by atoms with Crippen LogP contribution in [0.25, 0.3) is 0 Å². The van der Waals surface area contributed by atoms with Gasteiger partial charge in [-0.3, -0.25) is 37.3 Å². The summed E-state index contributed by atoms with van der Waals surface area (Å²) in [5.74, 6) is 0.0746. The summed E-state index contributed by atoms with van der Waals surface area (Å²) in [7, 11) is -9.89. The third-order valence-electron chi connectivity index (χ3n) is 15.4. The van der Waals surface area contributed by atoms with E-state index in [9.17, 15) is 43.2 Å². The Morgan fingerprint density at radius 3 is 0.791 bits per heavy atom. The molecule has 0 fully saturated rings. The Hall–Kier alpha value is -1.94. The number of esters is 4. The first kappa shape index (κ1) is 84.1. The Kier molecular flexibility index (Phi) is 56.9. The van der Waals surface area contributed by atoms with Crippen molar-refractivity contribution in [1.82, 2.24) is 0 Å². The van der Waals surface area contributed by atoms with Crippen molar-refractivity contribution in [2.24, 2.45) is 17.8 Å². The van der Waals surface area contributed by atoms with Gasteiger partial charge < -0.3 is 33.8 Å². The van der Waals surface area contributed by atoms with Crippen LogP contribution in [0.1, 0.15) is 331 Å². The molecule has 0 bridgehead atoms. The molecular weight excluding hydrogens is 1140 g/mol. The van der Waals surface area contributed by atoms with Gasteiger partial charge in [-0.2, -0.15) is 0 Å². The molecule has 0 heterocycles. The van der Waals surface area contributed by atoms with E-state index >= 15 is 0 Å². The largest absolute Gasteiger partial charge is 0.472 e. The van der Waals surface area contributed by atoms with E-state index in [-0.39, 0.29) is 25.7 Å². The number of hydrogen-bond acceptors (Lipinski definition) is 15. The first-order valence-electron chi connectivity index (χ1n) is 34.8. The van der Waals surface area contributed by atoms with E-state index in [1.54, 1.807) is 0 Å². The zero-order valence-electron chi connectivity index (χ0n) is 55.8. The second kappa shape index (κ2) is 58.2. The molecule has 0 aromatic rings. The van der Waals surface area contributed by atoms with Crippen LogP contribution in [0.15, 0.2) is 0 Å². The normalized spacial score (nSPS) is 14.3. The summed E-state index contributed by atoms with van der Waals surface area (Å²) in [6, 6.07) is 0. The highest BCUT2D eigenvalue weighted by Gasteiger charge is 2.30. The molecule has 0 saturated carbocycles. The molecule has 2 unspecified atom stereocenters. The molecule has 17 nitrogen and oxygen atoms in total. The van der Waals surface area contributed by atoms with E-state index in [4.69, 9.17) is 37.0 Å². The Bertz CT molecular complexity index is 1700. The molecule has 0 aromatic heterocycles. The van der Waals surface area contributed by atoms with Crippen molar-refractivity contribution in [1.29, 1.82) is 0 Å². The van der Waals surface area contributed by atoms with Crippen LogP contribution in [0.2, 0.25) is 0 Å². The number of carbonyl (C=O) groups excluding carboxylic acids is 4. The van der Waals surface area contributed by atoms with Crippen LogP contribution >= 0.6 is 15.6 Å². The van der Waals surface area contributed by atoms with E-state index in [1.165, 1.54) is 141 Å². The minimum Gasteiger partial charge on any atom is -0.462 e. The summed E-state index contributed by atoms with van der Waals surface area (Å²) in [6.07, 6.45) is 40.4. The maximum atomic E-state index is 13.0. The smallest absolute Gasteiger partial charge is 0.462 e. The molecule has 510 valence electrons. The van der Waals surface area contributed by atoms with Gasteiger partial charge in [-0.05, 0) is 43.4 Å². The molecule has 3 N–H and O–H groups in total. The van der Waals surface area contributed by atoms with E-state index < -0.39 is 97.5 Å². The molecule has 5 atom stereocenters. The Balaban J connectivity index is 5.23. The molecule has 0 aliphatic heterocycles. The van der Waals surface area contributed by atoms with Gasteiger partial charge in [0.2, 0.25) is 0 Å². The predicted molar refractivity (Wildman–Crippen MR) is 344 cm³/mol. The first-order chi connectivity index (χ1) is 41.2. The van der Waals surface area contributed by atoms with Crippen molar-refractivity contribution >= 4 is 39.5 Å². The summed E-state index contributed by atoms with van der Waals surface area (Å²) in [4.78, 5) is 72.3. The highest BCUT2D eigenvalue weighted by atomic mass is 31.2. The number of phosphoric acid groups is 2. The highest BCUT2D eigenvalue weighted by molar-refractivity contribution is 7.47.